The standard InChI is InChI=1S/C9H8F3N5/c1-13-7-4-14-5-8(15-7)17-3-2-6(16-17)9(10,11)12/h2-5H,1H3,(H,13,15). The molecule has 0 aromatic carbocycles. The molecule has 90 valence electrons. The predicted octanol–water partition coefficient (Wildman–Crippen LogP) is 1.72. The lowest BCUT2D eigenvalue weighted by Gasteiger charge is -2.03. The van der Waals surface area contributed by atoms with Crippen LogP contribution in [-0.4, -0.2) is 26.8 Å². The molecule has 2 rings (SSSR count). The average Bonchev–Trinajstić information content (AvgIpc) is 2.78. The van der Waals surface area contributed by atoms with Crippen molar-refractivity contribution in [1.29, 1.82) is 0 Å². The van der Waals surface area contributed by atoms with Crippen molar-refractivity contribution >= 4 is 5.82 Å². The van der Waals surface area contributed by atoms with Crippen LogP contribution in [0.3, 0.4) is 0 Å². The van der Waals surface area contributed by atoms with Gasteiger partial charge in [0.1, 0.15) is 5.82 Å². The Labute approximate surface area is 94.3 Å². The van der Waals surface area contributed by atoms with Gasteiger partial charge in [-0.1, -0.05) is 0 Å². The zero-order valence-corrected chi connectivity index (χ0v) is 8.73. The molecule has 0 aliphatic carbocycles. The number of halogens is 3. The zero-order valence-electron chi connectivity index (χ0n) is 8.73. The van der Waals surface area contributed by atoms with Crippen molar-refractivity contribution in [1.82, 2.24) is 19.7 Å². The maximum Gasteiger partial charge on any atom is 0.435 e. The Hall–Kier alpha value is -2.12. The summed E-state index contributed by atoms with van der Waals surface area (Å²) in [5.41, 5.74) is -0.964. The number of hydrogen-bond donors (Lipinski definition) is 1. The summed E-state index contributed by atoms with van der Waals surface area (Å²) in [6, 6.07) is 0.883. The van der Waals surface area contributed by atoms with E-state index in [1.54, 1.807) is 7.05 Å². The SMILES string of the molecule is CNc1cncc(-n2ccc(C(F)(F)F)n2)n1. The molecule has 0 radical (unpaired) electrons. The molecule has 5 nitrogen and oxygen atoms in total. The van der Waals surface area contributed by atoms with Gasteiger partial charge in [0.2, 0.25) is 0 Å². The highest BCUT2D eigenvalue weighted by atomic mass is 19.4. The molecule has 1 N–H and O–H groups in total. The van der Waals surface area contributed by atoms with E-state index in [2.05, 4.69) is 20.4 Å². The first-order valence-electron chi connectivity index (χ1n) is 4.64. The van der Waals surface area contributed by atoms with Crippen molar-refractivity contribution in [3.63, 3.8) is 0 Å². The van der Waals surface area contributed by atoms with Gasteiger partial charge in [-0.15, -0.1) is 0 Å². The third kappa shape index (κ3) is 2.35. The molecule has 2 aromatic rings. The molecule has 0 saturated carbocycles. The van der Waals surface area contributed by atoms with E-state index in [1.165, 1.54) is 18.6 Å². The van der Waals surface area contributed by atoms with E-state index in [0.717, 1.165) is 10.7 Å². The van der Waals surface area contributed by atoms with Gasteiger partial charge < -0.3 is 5.32 Å². The number of alkyl halides is 3. The lowest BCUT2D eigenvalue weighted by atomic mass is 10.4. The second kappa shape index (κ2) is 4.04. The first-order chi connectivity index (χ1) is 8.00. The topological polar surface area (TPSA) is 55.6 Å². The van der Waals surface area contributed by atoms with Gasteiger partial charge in [0.05, 0.1) is 12.4 Å². The molecule has 2 aromatic heterocycles. The molecular weight excluding hydrogens is 235 g/mol. The van der Waals surface area contributed by atoms with E-state index >= 15 is 0 Å². The molecule has 2 heterocycles. The van der Waals surface area contributed by atoms with Gasteiger partial charge in [0, 0.05) is 13.2 Å². The number of anilines is 1. The van der Waals surface area contributed by atoms with E-state index in [0.29, 0.717) is 5.82 Å². The summed E-state index contributed by atoms with van der Waals surface area (Å²) < 4.78 is 38.0. The molecule has 0 fully saturated rings. The molecule has 0 amide bonds. The van der Waals surface area contributed by atoms with Gasteiger partial charge in [-0.25, -0.2) is 9.67 Å². The maximum absolute atomic E-state index is 12.3. The summed E-state index contributed by atoms with van der Waals surface area (Å²) >= 11 is 0. The van der Waals surface area contributed by atoms with Crippen molar-refractivity contribution in [2.75, 3.05) is 12.4 Å². The van der Waals surface area contributed by atoms with Crippen LogP contribution in [0.4, 0.5) is 19.0 Å². The summed E-state index contributed by atoms with van der Waals surface area (Å²) in [6.07, 6.45) is -0.489. The van der Waals surface area contributed by atoms with Crippen LogP contribution in [0, 0.1) is 0 Å². The van der Waals surface area contributed by atoms with Crippen molar-refractivity contribution < 1.29 is 13.2 Å². The molecule has 17 heavy (non-hydrogen) atoms. The van der Waals surface area contributed by atoms with Crippen molar-refractivity contribution in [3.05, 3.63) is 30.4 Å². The summed E-state index contributed by atoms with van der Waals surface area (Å²) in [4.78, 5) is 7.85. The van der Waals surface area contributed by atoms with Crippen LogP contribution in [0.1, 0.15) is 5.69 Å². The Balaban J connectivity index is 2.37. The Morgan fingerprint density at radius 1 is 1.29 bits per heavy atom. The highest BCUT2D eigenvalue weighted by Crippen LogP contribution is 2.27. The van der Waals surface area contributed by atoms with Crippen molar-refractivity contribution in [2.45, 2.75) is 6.18 Å². The fourth-order valence-electron chi connectivity index (χ4n) is 1.19. The van der Waals surface area contributed by atoms with Crippen LogP contribution >= 0.6 is 0 Å². The Bertz CT molecular complexity index is 519. The fraction of sp³-hybridized carbons (Fsp3) is 0.222. The summed E-state index contributed by atoms with van der Waals surface area (Å²) in [7, 11) is 1.64. The minimum Gasteiger partial charge on any atom is -0.372 e. The van der Waals surface area contributed by atoms with Crippen molar-refractivity contribution in [2.24, 2.45) is 0 Å². The molecule has 0 bridgehead atoms. The average molecular weight is 243 g/mol. The summed E-state index contributed by atoms with van der Waals surface area (Å²) in [5.74, 6) is 0.666. The lowest BCUT2D eigenvalue weighted by Crippen LogP contribution is -2.08. The fourth-order valence-corrected chi connectivity index (χ4v) is 1.19. The number of aromatic nitrogens is 4. The molecule has 0 spiro atoms. The van der Waals surface area contributed by atoms with Crippen LogP contribution in [-0.2, 0) is 6.18 Å². The minimum atomic E-state index is -4.46. The predicted molar refractivity (Wildman–Crippen MR) is 53.7 cm³/mol. The molecule has 0 aliphatic heterocycles. The van der Waals surface area contributed by atoms with Gasteiger partial charge in [-0.3, -0.25) is 4.98 Å². The van der Waals surface area contributed by atoms with E-state index in [9.17, 15) is 13.2 Å². The van der Waals surface area contributed by atoms with Crippen LogP contribution in [0.5, 0.6) is 0 Å². The Morgan fingerprint density at radius 2 is 2.06 bits per heavy atom. The van der Waals surface area contributed by atoms with E-state index in [1.807, 2.05) is 0 Å². The van der Waals surface area contributed by atoms with Gasteiger partial charge in [0.25, 0.3) is 0 Å². The Kier molecular flexibility index (Phi) is 2.70. The molecule has 8 heteroatoms. The second-order valence-corrected chi connectivity index (χ2v) is 3.16. The zero-order chi connectivity index (χ0) is 12.5. The first-order valence-corrected chi connectivity index (χ1v) is 4.64. The van der Waals surface area contributed by atoms with Gasteiger partial charge in [0.15, 0.2) is 11.5 Å². The smallest absolute Gasteiger partial charge is 0.372 e. The lowest BCUT2D eigenvalue weighted by molar-refractivity contribution is -0.141. The highest BCUT2D eigenvalue weighted by Gasteiger charge is 2.33. The molecule has 0 atom stereocenters. The van der Waals surface area contributed by atoms with Gasteiger partial charge >= 0.3 is 6.18 Å². The highest BCUT2D eigenvalue weighted by molar-refractivity contribution is 5.34. The van der Waals surface area contributed by atoms with Gasteiger partial charge in [-0.05, 0) is 6.07 Å². The first kappa shape index (κ1) is 11.4. The minimum absolute atomic E-state index is 0.215. The maximum atomic E-state index is 12.3. The third-order valence-electron chi connectivity index (χ3n) is 1.99. The Morgan fingerprint density at radius 3 is 2.65 bits per heavy atom. The van der Waals surface area contributed by atoms with Crippen LogP contribution in [0.15, 0.2) is 24.7 Å². The third-order valence-corrected chi connectivity index (χ3v) is 1.99. The quantitative estimate of drug-likeness (QED) is 0.872. The number of hydrogen-bond acceptors (Lipinski definition) is 4. The summed E-state index contributed by atoms with van der Waals surface area (Å²) in [5, 5.41) is 6.13. The van der Waals surface area contributed by atoms with E-state index in [4.69, 9.17) is 0 Å². The molecule has 0 aliphatic rings. The molecule has 0 unspecified atom stereocenters. The van der Waals surface area contributed by atoms with Crippen LogP contribution in [0.25, 0.3) is 5.82 Å². The normalized spacial score (nSPS) is 11.5. The number of nitrogens with zero attached hydrogens (tertiary/aromatic N) is 4. The summed E-state index contributed by atoms with van der Waals surface area (Å²) in [6.45, 7) is 0. The number of nitrogens with one attached hydrogen (secondary N) is 1. The van der Waals surface area contributed by atoms with Gasteiger partial charge in [-0.2, -0.15) is 18.3 Å². The van der Waals surface area contributed by atoms with E-state index < -0.39 is 11.9 Å². The largest absolute Gasteiger partial charge is 0.435 e. The van der Waals surface area contributed by atoms with E-state index in [-0.39, 0.29) is 5.82 Å². The van der Waals surface area contributed by atoms with Crippen LogP contribution < -0.4 is 5.32 Å². The monoisotopic (exact) mass is 243 g/mol. The van der Waals surface area contributed by atoms with Crippen LogP contribution in [0.2, 0.25) is 0 Å². The van der Waals surface area contributed by atoms with Crippen molar-refractivity contribution in [3.8, 4) is 5.82 Å². The molecule has 0 saturated heterocycles. The number of rotatable bonds is 2. The second-order valence-electron chi connectivity index (χ2n) is 3.16. The molecular formula is C9H8F3N5.